The predicted molar refractivity (Wildman–Crippen MR) is 53.9 cm³/mol. The third-order valence-electron chi connectivity index (χ3n) is 1.78. The average Bonchev–Trinajstić information content (AvgIpc) is 2.26. The maximum absolute atomic E-state index is 11.2. The summed E-state index contributed by atoms with van der Waals surface area (Å²) < 4.78 is 9.51. The summed E-state index contributed by atoms with van der Waals surface area (Å²) in [6, 6.07) is 0. The number of halogens is 1. The maximum atomic E-state index is 11.2. The number of aromatic nitrogens is 2. The average molecular weight is 231 g/mol. The summed E-state index contributed by atoms with van der Waals surface area (Å²) in [5.41, 5.74) is 0.400. The third-order valence-corrected chi connectivity index (χ3v) is 2.19. The lowest BCUT2D eigenvalue weighted by Gasteiger charge is -2.10. The summed E-state index contributed by atoms with van der Waals surface area (Å²) in [5.74, 6) is 0.264. The number of hydrogen-bond acceptors (Lipinski definition) is 5. The lowest BCUT2D eigenvalue weighted by atomic mass is 10.2. The molecule has 5 nitrogen and oxygen atoms in total. The second-order valence-corrected chi connectivity index (χ2v) is 3.20. The Morgan fingerprint density at radius 1 is 1.53 bits per heavy atom. The lowest BCUT2D eigenvalue weighted by Crippen LogP contribution is -2.11. The zero-order valence-corrected chi connectivity index (χ0v) is 9.41. The van der Waals surface area contributed by atoms with Gasteiger partial charge in [0, 0.05) is 6.20 Å². The molecule has 0 amide bonds. The highest BCUT2D eigenvalue weighted by Gasteiger charge is 2.23. The summed E-state index contributed by atoms with van der Waals surface area (Å²) in [6.45, 7) is 1.72. The van der Waals surface area contributed by atoms with Crippen LogP contribution in [0.3, 0.4) is 0 Å². The molecule has 0 saturated heterocycles. The summed E-state index contributed by atoms with van der Waals surface area (Å²) >= 11 is 5.86. The molecule has 0 aliphatic rings. The number of aryl methyl sites for hydroxylation is 1. The summed E-state index contributed by atoms with van der Waals surface area (Å²) in [6.07, 6.45) is 1.45. The van der Waals surface area contributed by atoms with Gasteiger partial charge in [-0.05, 0) is 6.92 Å². The van der Waals surface area contributed by atoms with E-state index in [-0.39, 0.29) is 5.88 Å². The first-order valence-electron chi connectivity index (χ1n) is 4.19. The standard InChI is InChI=1S/C9H11ClN2O3/c1-5-11-4-6(8(12-5)14-2)7(10)9(13)15-3/h4,7H,1-3H3. The van der Waals surface area contributed by atoms with Crippen LogP contribution in [0.1, 0.15) is 16.8 Å². The minimum atomic E-state index is -0.953. The number of alkyl halides is 1. The quantitative estimate of drug-likeness (QED) is 0.578. The number of hydrogen-bond donors (Lipinski definition) is 0. The number of esters is 1. The Labute approximate surface area is 92.4 Å². The maximum Gasteiger partial charge on any atom is 0.328 e. The SMILES string of the molecule is COC(=O)C(Cl)c1cnc(C)nc1OC. The molecule has 1 aromatic rings. The molecule has 0 spiro atoms. The molecular weight excluding hydrogens is 220 g/mol. The first-order chi connectivity index (χ1) is 7.10. The van der Waals surface area contributed by atoms with Crippen LogP contribution in [0.25, 0.3) is 0 Å². The van der Waals surface area contributed by atoms with Crippen molar-refractivity contribution < 1.29 is 14.3 Å². The number of ether oxygens (including phenoxy) is 2. The van der Waals surface area contributed by atoms with E-state index in [1.54, 1.807) is 6.92 Å². The van der Waals surface area contributed by atoms with Gasteiger partial charge in [0.1, 0.15) is 5.82 Å². The van der Waals surface area contributed by atoms with E-state index in [0.29, 0.717) is 11.4 Å². The van der Waals surface area contributed by atoms with Gasteiger partial charge in [0.25, 0.3) is 0 Å². The van der Waals surface area contributed by atoms with Crippen LogP contribution in [-0.4, -0.2) is 30.2 Å². The minimum absolute atomic E-state index is 0.285. The second kappa shape index (κ2) is 4.93. The normalized spacial score (nSPS) is 12.0. The van der Waals surface area contributed by atoms with E-state index in [1.807, 2.05) is 0 Å². The Kier molecular flexibility index (Phi) is 3.85. The van der Waals surface area contributed by atoms with Crippen molar-refractivity contribution in [3.05, 3.63) is 17.6 Å². The fraction of sp³-hybridized carbons (Fsp3) is 0.444. The monoisotopic (exact) mass is 230 g/mol. The molecule has 1 unspecified atom stereocenters. The first kappa shape index (κ1) is 11.7. The predicted octanol–water partition coefficient (Wildman–Crippen LogP) is 1.25. The molecule has 0 aromatic carbocycles. The van der Waals surface area contributed by atoms with Crippen LogP contribution in [0.2, 0.25) is 0 Å². The van der Waals surface area contributed by atoms with Gasteiger partial charge in [0.05, 0.1) is 19.8 Å². The van der Waals surface area contributed by atoms with Gasteiger partial charge >= 0.3 is 5.97 Å². The van der Waals surface area contributed by atoms with Crippen LogP contribution in [-0.2, 0) is 9.53 Å². The fourth-order valence-electron chi connectivity index (χ4n) is 1.03. The Hall–Kier alpha value is -1.36. The molecule has 0 bridgehead atoms. The highest BCUT2D eigenvalue weighted by molar-refractivity contribution is 6.30. The van der Waals surface area contributed by atoms with E-state index in [2.05, 4.69) is 14.7 Å². The molecule has 0 fully saturated rings. The van der Waals surface area contributed by atoms with Gasteiger partial charge in [0.2, 0.25) is 5.88 Å². The van der Waals surface area contributed by atoms with E-state index in [1.165, 1.54) is 20.4 Å². The number of carbonyl (C=O) groups is 1. The van der Waals surface area contributed by atoms with E-state index in [4.69, 9.17) is 16.3 Å². The first-order valence-corrected chi connectivity index (χ1v) is 4.63. The van der Waals surface area contributed by atoms with Crippen molar-refractivity contribution in [2.75, 3.05) is 14.2 Å². The summed E-state index contributed by atoms with van der Waals surface area (Å²) in [4.78, 5) is 19.1. The molecule has 0 aliphatic carbocycles. The topological polar surface area (TPSA) is 61.3 Å². The Morgan fingerprint density at radius 2 is 2.20 bits per heavy atom. The summed E-state index contributed by atoms with van der Waals surface area (Å²) in [7, 11) is 2.71. The molecule has 1 heterocycles. The van der Waals surface area contributed by atoms with Crippen LogP contribution in [0.5, 0.6) is 5.88 Å². The Morgan fingerprint density at radius 3 is 2.73 bits per heavy atom. The van der Waals surface area contributed by atoms with Crippen LogP contribution in [0.15, 0.2) is 6.20 Å². The van der Waals surface area contributed by atoms with Crippen LogP contribution in [0.4, 0.5) is 0 Å². The largest absolute Gasteiger partial charge is 0.481 e. The second-order valence-electron chi connectivity index (χ2n) is 2.77. The molecular formula is C9H11ClN2O3. The van der Waals surface area contributed by atoms with Gasteiger partial charge in [-0.2, -0.15) is 4.98 Å². The smallest absolute Gasteiger partial charge is 0.328 e. The lowest BCUT2D eigenvalue weighted by molar-refractivity contribution is -0.140. The molecule has 82 valence electrons. The van der Waals surface area contributed by atoms with Crippen molar-refractivity contribution in [1.82, 2.24) is 9.97 Å². The molecule has 0 radical (unpaired) electrons. The fourth-order valence-corrected chi connectivity index (χ4v) is 1.27. The van der Waals surface area contributed by atoms with Gasteiger partial charge in [-0.3, -0.25) is 4.79 Å². The van der Waals surface area contributed by atoms with Crippen molar-refractivity contribution >= 4 is 17.6 Å². The number of methoxy groups -OCH3 is 2. The highest BCUT2D eigenvalue weighted by Crippen LogP contribution is 2.28. The highest BCUT2D eigenvalue weighted by atomic mass is 35.5. The van der Waals surface area contributed by atoms with E-state index < -0.39 is 11.3 Å². The van der Waals surface area contributed by atoms with Gasteiger partial charge in [-0.1, -0.05) is 0 Å². The van der Waals surface area contributed by atoms with Crippen molar-refractivity contribution in [1.29, 1.82) is 0 Å². The van der Waals surface area contributed by atoms with Gasteiger partial charge < -0.3 is 9.47 Å². The molecule has 0 aliphatic heterocycles. The van der Waals surface area contributed by atoms with Crippen LogP contribution < -0.4 is 4.74 Å². The minimum Gasteiger partial charge on any atom is -0.481 e. The Balaban J connectivity index is 3.07. The number of rotatable bonds is 3. The zero-order chi connectivity index (χ0) is 11.4. The van der Waals surface area contributed by atoms with Gasteiger partial charge in [0.15, 0.2) is 5.38 Å². The molecule has 1 atom stereocenters. The molecule has 1 rings (SSSR count). The van der Waals surface area contributed by atoms with Crippen LogP contribution in [0, 0.1) is 6.92 Å². The number of carbonyl (C=O) groups excluding carboxylic acids is 1. The third kappa shape index (κ3) is 2.56. The van der Waals surface area contributed by atoms with Gasteiger partial charge in [-0.25, -0.2) is 4.98 Å². The van der Waals surface area contributed by atoms with E-state index in [9.17, 15) is 4.79 Å². The molecule has 6 heteroatoms. The van der Waals surface area contributed by atoms with Crippen molar-refractivity contribution in [3.8, 4) is 5.88 Å². The van der Waals surface area contributed by atoms with Gasteiger partial charge in [-0.15, -0.1) is 11.6 Å². The van der Waals surface area contributed by atoms with Crippen molar-refractivity contribution in [2.24, 2.45) is 0 Å². The zero-order valence-electron chi connectivity index (χ0n) is 8.65. The van der Waals surface area contributed by atoms with Crippen molar-refractivity contribution in [2.45, 2.75) is 12.3 Å². The van der Waals surface area contributed by atoms with E-state index in [0.717, 1.165) is 0 Å². The van der Waals surface area contributed by atoms with Crippen molar-refractivity contribution in [3.63, 3.8) is 0 Å². The van der Waals surface area contributed by atoms with Crippen LogP contribution >= 0.6 is 11.6 Å². The molecule has 0 N–H and O–H groups in total. The number of nitrogens with zero attached hydrogens (tertiary/aromatic N) is 2. The molecule has 15 heavy (non-hydrogen) atoms. The Bertz CT molecular complexity index is 370. The molecule has 0 saturated carbocycles. The summed E-state index contributed by atoms with van der Waals surface area (Å²) in [5, 5.41) is -0.953. The molecule has 1 aromatic heterocycles. The van der Waals surface area contributed by atoms with E-state index >= 15 is 0 Å².